The zero-order valence-corrected chi connectivity index (χ0v) is 64.3. The molecule has 1 spiro atoms. The lowest BCUT2D eigenvalue weighted by molar-refractivity contribution is -0.158. The van der Waals surface area contributed by atoms with E-state index in [0.29, 0.717) is 57.1 Å². The van der Waals surface area contributed by atoms with Gasteiger partial charge in [-0.15, -0.1) is 0 Å². The smallest absolute Gasteiger partial charge is 0.377 e. The number of nitrogens with zero attached hydrogens (tertiary/aromatic N) is 9. The highest BCUT2D eigenvalue weighted by Crippen LogP contribution is 2.40. The van der Waals surface area contributed by atoms with Gasteiger partial charge < -0.3 is 64.8 Å². The number of hydrogen-bond acceptors (Lipinski definition) is 13. The monoisotopic (exact) mass is 1550 g/mol. The molecule has 2 saturated carbocycles. The van der Waals surface area contributed by atoms with Crippen LogP contribution in [0.15, 0.2) is 48.6 Å². The van der Waals surface area contributed by atoms with Crippen molar-refractivity contribution < 1.29 is 97.4 Å². The van der Waals surface area contributed by atoms with Crippen LogP contribution in [-0.4, -0.2) is 263 Å². The number of ether oxygens (including phenoxy) is 1. The highest BCUT2D eigenvalue weighted by molar-refractivity contribution is 6.01. The Bertz CT molecular complexity index is 3640. The van der Waals surface area contributed by atoms with E-state index in [2.05, 4.69) is 16.0 Å². The summed E-state index contributed by atoms with van der Waals surface area (Å²) in [6.07, 6.45) is -7.04. The minimum absolute atomic E-state index is 0.0366. The van der Waals surface area contributed by atoms with Crippen LogP contribution in [-0.2, 0) is 87.5 Å². The van der Waals surface area contributed by atoms with Gasteiger partial charge in [-0.1, -0.05) is 70.7 Å². The van der Waals surface area contributed by atoms with Crippen molar-refractivity contribution in [2.45, 2.75) is 223 Å². The third kappa shape index (κ3) is 20.8. The zero-order chi connectivity index (χ0) is 80.9. The van der Waals surface area contributed by atoms with Gasteiger partial charge >= 0.3 is 12.4 Å². The van der Waals surface area contributed by atoms with Crippen molar-refractivity contribution in [3.05, 3.63) is 82.4 Å². The highest BCUT2D eigenvalue weighted by atomic mass is 19.4. The van der Waals surface area contributed by atoms with Gasteiger partial charge in [0.05, 0.1) is 31.2 Å². The Kier molecular flexibility index (Phi) is 30.3. The maximum absolute atomic E-state index is 15.6. The number of halogens is 8. The maximum Gasteiger partial charge on any atom is 0.422 e. The first-order chi connectivity index (χ1) is 51.3. The number of carbonyl (C=O) groups is 12. The minimum Gasteiger partial charge on any atom is -0.377 e. The highest BCUT2D eigenvalue weighted by Gasteiger charge is 2.54. The Labute approximate surface area is 631 Å². The Hall–Kier alpha value is -8.78. The molecule has 0 aromatic heterocycles. The minimum atomic E-state index is -5.46. The molecule has 2 saturated heterocycles. The molecular formula is C76H106F8N12O13. The van der Waals surface area contributed by atoms with Crippen LogP contribution < -0.4 is 16.0 Å². The topological polar surface area (TPSA) is 279 Å². The number of amides is 12. The van der Waals surface area contributed by atoms with Crippen molar-refractivity contribution in [1.29, 1.82) is 0 Å². The normalized spacial score (nSPS) is 25.9. The van der Waals surface area contributed by atoms with Gasteiger partial charge in [0.1, 0.15) is 71.1 Å². The van der Waals surface area contributed by atoms with Crippen LogP contribution in [0.5, 0.6) is 0 Å². The number of hydrogen-bond donors (Lipinski definition) is 3. The van der Waals surface area contributed by atoms with E-state index in [4.69, 9.17) is 4.74 Å². The standard InChI is InChI=1S/C76H106F8N12O13/c1-13-24-54-65(100)86-63(45(6)14-2)71(106)89(8)44-61(99)91(10)55-27-19-18-22-36-95(70(55)105)58(39-46-28-31-49(32-29-46)75(79,80)81)68(103)88(7)43-59(97)85-53(33-30-47-37-51(77)62(52(78)38-47)76(82,83)84)67(102)96-42-50(109-17-5)40-56(96)66(101)87-74(34-23-35-74)73(108)93(12)64(48-25-20-21-26-48)72(107)92(11)57(41-60(98)90(54)9)69(104)94(15-3)16-4/h18-19,28-29,31-32,37-38,45,48,50,53-58,63-64H,13-17,20-27,30,33-36,39-44H2,1-12H3,(H,85,97)(H,86,100)(H,87,101)/b19-18-/t45-,50+,53-,54-,55-,56-,57-,58-,63-,64-/m0/s1. The molecule has 33 heteroatoms. The Balaban J connectivity index is 1.36. The molecule has 3 aliphatic heterocycles. The first-order valence-electron chi connectivity index (χ1n) is 37.6. The maximum atomic E-state index is 15.6. The largest absolute Gasteiger partial charge is 0.422 e. The Morgan fingerprint density at radius 3 is 1.83 bits per heavy atom. The number of rotatable bonds is 15. The third-order valence-electron chi connectivity index (χ3n) is 22.2. The summed E-state index contributed by atoms with van der Waals surface area (Å²) >= 11 is 0. The average Bonchev–Trinajstić information content (AvgIpc) is 1.68. The van der Waals surface area contributed by atoms with Crippen molar-refractivity contribution in [3.8, 4) is 0 Å². The average molecular weight is 1550 g/mol. The van der Waals surface area contributed by atoms with Gasteiger partial charge in [0.15, 0.2) is 0 Å². The summed E-state index contributed by atoms with van der Waals surface area (Å²) in [5.41, 5.74) is -5.24. The molecule has 3 heterocycles. The van der Waals surface area contributed by atoms with E-state index in [0.717, 1.165) is 65.6 Å². The fourth-order valence-electron chi connectivity index (χ4n) is 15.4. The SMILES string of the molecule is CCC[C@H]1C(=O)N[C@@H]([C@@H](C)CC)C(=O)N(C)CC(=O)N(C)[C@H]2C/C=C\CCN(C2=O)[C@@H](Cc2ccc(C(F)(F)F)cc2)C(=O)N(C)CC(=O)N[C@@H](CCc2cc(F)c(C(F)(F)F)c(F)c2)C(=O)N2C[C@H](OCC)C[C@H]2C(=O)NC2(CCC2)C(=O)N(C)[C@@H](C2CCCC2)C(=O)N(C)[C@H](C(=O)N(CC)CC)CC(=O)N1C. The number of carbonyl (C=O) groups excluding carboxylic acids is 12. The number of likely N-dealkylation sites (N-methyl/N-ethyl adjacent to an activating group) is 7. The number of aryl methyl sites for hydroxylation is 1. The van der Waals surface area contributed by atoms with Crippen molar-refractivity contribution in [1.82, 2.24) is 60.0 Å². The molecule has 25 nitrogen and oxygen atoms in total. The Morgan fingerprint density at radius 2 is 1.28 bits per heavy atom. The number of benzene rings is 2. The molecule has 5 aliphatic rings. The van der Waals surface area contributed by atoms with Crippen LogP contribution in [0.25, 0.3) is 0 Å². The van der Waals surface area contributed by atoms with Gasteiger partial charge in [0.2, 0.25) is 70.9 Å². The quantitative estimate of drug-likeness (QED) is 0.131. The predicted octanol–water partition coefficient (Wildman–Crippen LogP) is 6.27. The molecule has 604 valence electrons. The summed E-state index contributed by atoms with van der Waals surface area (Å²) in [6.45, 7) is 8.45. The van der Waals surface area contributed by atoms with E-state index in [9.17, 15) is 55.1 Å². The summed E-state index contributed by atoms with van der Waals surface area (Å²) in [5.74, 6) is -15.0. The molecule has 109 heavy (non-hydrogen) atoms. The lowest BCUT2D eigenvalue weighted by atomic mass is 9.74. The van der Waals surface area contributed by atoms with E-state index in [1.165, 1.54) is 45.0 Å². The molecule has 2 aromatic carbocycles. The number of fused-ring (bicyclic) bond motifs is 3. The van der Waals surface area contributed by atoms with Gasteiger partial charge in [-0.2, -0.15) is 26.3 Å². The van der Waals surface area contributed by atoms with Gasteiger partial charge in [-0.25, -0.2) is 8.78 Å². The zero-order valence-electron chi connectivity index (χ0n) is 64.3. The lowest BCUT2D eigenvalue weighted by Gasteiger charge is -2.47. The van der Waals surface area contributed by atoms with Crippen molar-refractivity contribution in [2.75, 3.05) is 88.2 Å². The summed E-state index contributed by atoms with van der Waals surface area (Å²) in [4.78, 5) is 191. The van der Waals surface area contributed by atoms with Crippen molar-refractivity contribution in [3.63, 3.8) is 0 Å². The van der Waals surface area contributed by atoms with Crippen LogP contribution >= 0.6 is 0 Å². The molecule has 0 radical (unpaired) electrons. The van der Waals surface area contributed by atoms with Crippen molar-refractivity contribution in [2.24, 2.45) is 11.8 Å². The first kappa shape index (κ1) is 87.4. The fourth-order valence-corrected chi connectivity index (χ4v) is 15.4. The second kappa shape index (κ2) is 37.8. The van der Waals surface area contributed by atoms with Gasteiger partial charge in [0, 0.05) is 87.9 Å². The van der Waals surface area contributed by atoms with Crippen LogP contribution in [0, 0.1) is 23.5 Å². The molecule has 10 atom stereocenters. The predicted molar refractivity (Wildman–Crippen MR) is 383 cm³/mol. The molecule has 2 aromatic rings. The summed E-state index contributed by atoms with van der Waals surface area (Å²) in [6, 6.07) is -7.26. The van der Waals surface area contributed by atoms with Crippen LogP contribution in [0.3, 0.4) is 0 Å². The second-order valence-electron chi connectivity index (χ2n) is 29.5. The molecule has 4 fully saturated rings. The van der Waals surface area contributed by atoms with Crippen LogP contribution in [0.4, 0.5) is 35.1 Å². The lowest BCUT2D eigenvalue weighted by Crippen LogP contribution is -2.68. The van der Waals surface area contributed by atoms with Gasteiger partial charge in [-0.05, 0) is 132 Å². The number of alkyl halides is 6. The summed E-state index contributed by atoms with van der Waals surface area (Å²) in [5, 5.41) is 8.28. The van der Waals surface area contributed by atoms with E-state index in [1.54, 1.807) is 53.7 Å². The van der Waals surface area contributed by atoms with E-state index < -0.39 is 222 Å². The van der Waals surface area contributed by atoms with Crippen LogP contribution in [0.2, 0.25) is 0 Å². The van der Waals surface area contributed by atoms with E-state index in [-0.39, 0.29) is 76.9 Å². The molecular weight excluding hydrogens is 1440 g/mol. The van der Waals surface area contributed by atoms with Gasteiger partial charge in [0.25, 0.3) is 0 Å². The molecule has 3 N–H and O–H groups in total. The van der Waals surface area contributed by atoms with E-state index in [1.807, 2.05) is 0 Å². The molecule has 0 unspecified atom stereocenters. The van der Waals surface area contributed by atoms with Crippen LogP contribution in [0.1, 0.15) is 160 Å². The van der Waals surface area contributed by atoms with Crippen molar-refractivity contribution >= 4 is 70.9 Å². The second-order valence-corrected chi connectivity index (χ2v) is 29.5. The summed E-state index contributed by atoms with van der Waals surface area (Å²) < 4.78 is 120. The first-order valence-corrected chi connectivity index (χ1v) is 37.6. The summed E-state index contributed by atoms with van der Waals surface area (Å²) in [7, 11) is 7.86. The number of nitrogens with one attached hydrogen (secondary N) is 3. The molecule has 7 rings (SSSR count). The fraction of sp³-hybridized carbons (Fsp3) is 0.658. The van der Waals surface area contributed by atoms with Gasteiger partial charge in [-0.3, -0.25) is 57.5 Å². The Morgan fingerprint density at radius 1 is 0.651 bits per heavy atom. The molecule has 2 aliphatic carbocycles. The molecule has 2 bridgehead atoms. The molecule has 12 amide bonds. The third-order valence-corrected chi connectivity index (χ3v) is 22.2. The van der Waals surface area contributed by atoms with E-state index >= 15 is 37.5 Å².